The Morgan fingerprint density at radius 1 is 1.33 bits per heavy atom. The summed E-state index contributed by atoms with van der Waals surface area (Å²) in [7, 11) is 0. The lowest BCUT2D eigenvalue weighted by Gasteiger charge is -2.52. The average Bonchev–Trinajstić information content (AvgIpc) is 2.46. The van der Waals surface area contributed by atoms with Crippen molar-refractivity contribution in [2.45, 2.75) is 44.9 Å². The minimum atomic E-state index is 0.308. The predicted molar refractivity (Wildman–Crippen MR) is 79.9 cm³/mol. The van der Waals surface area contributed by atoms with Gasteiger partial charge in [0.1, 0.15) is 0 Å². The molecule has 0 radical (unpaired) electrons. The normalized spacial score (nSPS) is 57.1. The summed E-state index contributed by atoms with van der Waals surface area (Å²) in [6.07, 6.45) is 4.60. The molecule has 18 heavy (non-hydrogen) atoms. The summed E-state index contributed by atoms with van der Waals surface area (Å²) in [6.45, 7) is 7.44. The number of aromatic nitrogens is 1. The van der Waals surface area contributed by atoms with Crippen molar-refractivity contribution >= 4 is 34.2 Å². The molecule has 0 N–H and O–H groups in total. The van der Waals surface area contributed by atoms with E-state index >= 15 is 0 Å². The third-order valence-corrected chi connectivity index (χ3v) is 9.03. The van der Waals surface area contributed by atoms with Crippen molar-refractivity contribution in [1.29, 1.82) is 0 Å². The van der Waals surface area contributed by atoms with Crippen molar-refractivity contribution in [3.05, 3.63) is 26.0 Å². The zero-order valence-electron chi connectivity index (χ0n) is 10.8. The van der Waals surface area contributed by atoms with E-state index in [0.29, 0.717) is 27.6 Å². The quantitative estimate of drug-likeness (QED) is 0.611. The number of fused-ring (bicyclic) bond motifs is 4. The summed E-state index contributed by atoms with van der Waals surface area (Å²) < 4.78 is 1.12. The lowest BCUT2D eigenvalue weighted by Crippen LogP contribution is -2.49. The first-order valence-corrected chi connectivity index (χ1v) is 8.15. The van der Waals surface area contributed by atoms with E-state index in [1.807, 2.05) is 6.20 Å². The topological polar surface area (TPSA) is 12.9 Å². The molecule has 5 rings (SSSR count). The van der Waals surface area contributed by atoms with Gasteiger partial charge in [-0.2, -0.15) is 0 Å². The lowest BCUT2D eigenvalue weighted by atomic mass is 9.51. The van der Waals surface area contributed by atoms with Gasteiger partial charge in [-0.1, -0.05) is 32.4 Å². The van der Waals surface area contributed by atoms with Crippen molar-refractivity contribution in [1.82, 2.24) is 4.98 Å². The number of hydrogen-bond donors (Lipinski definition) is 0. The van der Waals surface area contributed by atoms with Gasteiger partial charge < -0.3 is 0 Å². The molecule has 1 spiro atoms. The maximum absolute atomic E-state index is 6.60. The van der Waals surface area contributed by atoms with Crippen LogP contribution in [0.2, 0.25) is 5.02 Å². The molecular weight excluding hydrogens is 357 g/mol. The summed E-state index contributed by atoms with van der Waals surface area (Å²) in [5.74, 6) is 0.691. The van der Waals surface area contributed by atoms with Crippen molar-refractivity contribution in [2.24, 2.45) is 16.2 Å². The molecule has 1 aromatic rings. The highest BCUT2D eigenvalue weighted by molar-refractivity contribution is 14.1. The summed E-state index contributed by atoms with van der Waals surface area (Å²) in [6, 6.07) is 0. The largest absolute Gasteiger partial charge is 0.259 e. The molecule has 1 aromatic heterocycles. The predicted octanol–water partition coefficient (Wildman–Crippen LogP) is 4.51. The fourth-order valence-electron chi connectivity index (χ4n) is 7.19. The highest BCUT2D eigenvalue weighted by Crippen LogP contribution is 3.08. The van der Waals surface area contributed by atoms with Gasteiger partial charge in [0.25, 0.3) is 0 Å². The van der Waals surface area contributed by atoms with Crippen LogP contribution in [0.3, 0.4) is 0 Å². The molecule has 0 amide bonds. The molecule has 1 heterocycles. The third-order valence-electron chi connectivity index (χ3n) is 7.49. The Morgan fingerprint density at radius 3 is 2.67 bits per heavy atom. The van der Waals surface area contributed by atoms with Crippen LogP contribution in [0.4, 0.5) is 0 Å². The number of rotatable bonds is 0. The van der Waals surface area contributed by atoms with Crippen LogP contribution in [0.25, 0.3) is 0 Å². The van der Waals surface area contributed by atoms with E-state index in [4.69, 9.17) is 16.6 Å². The van der Waals surface area contributed by atoms with Crippen LogP contribution in [0.15, 0.2) is 6.20 Å². The van der Waals surface area contributed by atoms with Gasteiger partial charge in [0.05, 0.1) is 14.3 Å². The van der Waals surface area contributed by atoms with Crippen molar-refractivity contribution in [3.8, 4) is 0 Å². The Hall–Kier alpha value is 0.170. The summed E-state index contributed by atoms with van der Waals surface area (Å²) >= 11 is 8.92. The molecule has 0 aromatic carbocycles. The van der Waals surface area contributed by atoms with Gasteiger partial charge in [0.15, 0.2) is 0 Å². The first kappa shape index (κ1) is 10.9. The van der Waals surface area contributed by atoms with Gasteiger partial charge in [-0.25, -0.2) is 0 Å². The Morgan fingerprint density at radius 2 is 2.06 bits per heavy atom. The van der Waals surface area contributed by atoms with E-state index in [9.17, 15) is 0 Å². The molecule has 5 unspecified atom stereocenters. The molecule has 3 saturated carbocycles. The van der Waals surface area contributed by atoms with Gasteiger partial charge >= 0.3 is 0 Å². The van der Waals surface area contributed by atoms with Gasteiger partial charge in [-0.05, 0) is 57.7 Å². The van der Waals surface area contributed by atoms with Crippen LogP contribution < -0.4 is 0 Å². The molecule has 94 valence electrons. The molecule has 4 aliphatic carbocycles. The third kappa shape index (κ3) is 0.609. The molecule has 5 atom stereocenters. The van der Waals surface area contributed by atoms with Crippen LogP contribution in [0.5, 0.6) is 0 Å². The summed E-state index contributed by atoms with van der Waals surface area (Å²) in [4.78, 5) is 4.79. The van der Waals surface area contributed by atoms with Gasteiger partial charge in [0, 0.05) is 17.0 Å². The van der Waals surface area contributed by atoms with Crippen LogP contribution in [0, 0.1) is 19.8 Å². The lowest BCUT2D eigenvalue weighted by molar-refractivity contribution is 0.0186. The van der Waals surface area contributed by atoms with Crippen molar-refractivity contribution in [3.63, 3.8) is 0 Å². The minimum absolute atomic E-state index is 0.308. The van der Waals surface area contributed by atoms with Crippen LogP contribution >= 0.6 is 34.2 Å². The van der Waals surface area contributed by atoms with E-state index in [0.717, 1.165) is 8.59 Å². The molecule has 3 fully saturated rings. The molecule has 4 aliphatic rings. The summed E-state index contributed by atoms with van der Waals surface area (Å²) in [5.41, 5.74) is 4.68. The highest BCUT2D eigenvalue weighted by atomic mass is 127. The minimum Gasteiger partial charge on any atom is -0.259 e. The van der Waals surface area contributed by atoms with Crippen molar-refractivity contribution in [2.75, 3.05) is 0 Å². The van der Waals surface area contributed by atoms with Gasteiger partial charge in [-0.15, -0.1) is 0 Å². The Bertz CT molecular complexity index is 648. The maximum Gasteiger partial charge on any atom is 0.0608 e. The van der Waals surface area contributed by atoms with E-state index in [-0.39, 0.29) is 0 Å². The monoisotopic (exact) mass is 371 g/mol. The molecule has 3 heteroatoms. The zero-order valence-corrected chi connectivity index (χ0v) is 13.7. The Balaban J connectivity index is 1.86. The van der Waals surface area contributed by atoms with E-state index in [2.05, 4.69) is 43.4 Å². The highest BCUT2D eigenvalue weighted by Gasteiger charge is 3.03. The molecule has 1 nitrogen and oxygen atoms in total. The Kier molecular flexibility index (Phi) is 1.46. The van der Waals surface area contributed by atoms with Gasteiger partial charge in [0.2, 0.25) is 0 Å². The smallest absolute Gasteiger partial charge is 0.0608 e. The average molecular weight is 372 g/mol. The fraction of sp³-hybridized carbons (Fsp3) is 0.667. The molecule has 0 saturated heterocycles. The Labute approximate surface area is 126 Å². The number of pyridine rings is 1. The van der Waals surface area contributed by atoms with Crippen LogP contribution in [-0.2, 0) is 5.41 Å². The first-order valence-electron chi connectivity index (χ1n) is 6.69. The van der Waals surface area contributed by atoms with Crippen molar-refractivity contribution < 1.29 is 0 Å². The van der Waals surface area contributed by atoms with Crippen LogP contribution in [0.1, 0.15) is 50.8 Å². The van der Waals surface area contributed by atoms with E-state index in [1.165, 1.54) is 24.1 Å². The maximum atomic E-state index is 6.60. The SMILES string of the molecule is CC12CC3(C)C4(C)CC(c5c1ncc(I)c5Cl)C243. The number of halogens is 2. The zero-order chi connectivity index (χ0) is 12.7. The second kappa shape index (κ2) is 2.41. The van der Waals surface area contributed by atoms with E-state index in [1.54, 1.807) is 0 Å². The second-order valence-electron chi connectivity index (χ2n) is 7.42. The number of nitrogens with zero attached hydrogens (tertiary/aromatic N) is 1. The molecule has 0 bridgehead atoms. The number of hydrogen-bond acceptors (Lipinski definition) is 1. The molecular formula is C15H15ClIN. The second-order valence-corrected chi connectivity index (χ2v) is 8.96. The van der Waals surface area contributed by atoms with E-state index < -0.39 is 0 Å². The van der Waals surface area contributed by atoms with Crippen LogP contribution in [-0.4, -0.2) is 4.98 Å². The fourth-order valence-corrected chi connectivity index (χ4v) is 7.89. The summed E-state index contributed by atoms with van der Waals surface area (Å²) in [5, 5.41) is 0.993. The molecule has 0 aliphatic heterocycles. The van der Waals surface area contributed by atoms with Gasteiger partial charge in [-0.3, -0.25) is 4.98 Å². The first-order chi connectivity index (χ1) is 8.35. The standard InChI is InChI=1S/C15H15ClIN/c1-12-6-14(3)13(2)4-7(15(12,13)14)9-10(16)8(17)5-18-11(9)12/h5,7H,4,6H2,1-3H3.